The smallest absolute Gasteiger partial charge is 0.213 e. The minimum atomic E-state index is -0.588. The molecule has 0 aliphatic heterocycles. The van der Waals surface area contributed by atoms with Gasteiger partial charge < -0.3 is 0 Å². The molecule has 1 N–H and O–H groups in total. The Morgan fingerprint density at radius 3 is 2.80 bits per heavy atom. The first-order valence-electron chi connectivity index (χ1n) is 4.20. The molecule has 0 fully saturated rings. The summed E-state index contributed by atoms with van der Waals surface area (Å²) >= 11 is 4.76. The van der Waals surface area contributed by atoms with Crippen molar-refractivity contribution in [3.8, 4) is 0 Å². The quantitative estimate of drug-likeness (QED) is 0.798. The zero-order valence-corrected chi connectivity index (χ0v) is 8.39. The summed E-state index contributed by atoms with van der Waals surface area (Å²) in [5.74, 6) is -1.17. The fraction of sp³-hybridized carbons (Fsp3) is 0.111. The first-order valence-corrected chi connectivity index (χ1v) is 4.61. The first kappa shape index (κ1) is 9.97. The molecular formula is C9H7F2N3S. The maximum atomic E-state index is 13.2. The molecule has 0 aliphatic carbocycles. The molecule has 0 unspecified atom stereocenters. The largest absolute Gasteiger partial charge is 0.271 e. The zero-order valence-electron chi connectivity index (χ0n) is 7.58. The Morgan fingerprint density at radius 1 is 1.40 bits per heavy atom. The van der Waals surface area contributed by atoms with Crippen LogP contribution in [-0.2, 0) is 6.54 Å². The Hall–Kier alpha value is -1.56. The van der Waals surface area contributed by atoms with Crippen molar-refractivity contribution in [2.24, 2.45) is 0 Å². The fourth-order valence-electron chi connectivity index (χ4n) is 1.22. The van der Waals surface area contributed by atoms with E-state index in [0.29, 0.717) is 10.3 Å². The number of H-pyrrole nitrogens is 1. The second kappa shape index (κ2) is 3.90. The summed E-state index contributed by atoms with van der Waals surface area (Å²) < 4.78 is 27.7. The van der Waals surface area contributed by atoms with E-state index in [-0.39, 0.29) is 6.54 Å². The van der Waals surface area contributed by atoms with Gasteiger partial charge in [0.05, 0.1) is 6.54 Å². The predicted octanol–water partition coefficient (Wildman–Crippen LogP) is 2.27. The lowest BCUT2D eigenvalue weighted by Gasteiger charge is -2.03. The molecule has 1 aromatic carbocycles. The van der Waals surface area contributed by atoms with E-state index in [1.165, 1.54) is 23.1 Å². The molecule has 3 nitrogen and oxygen atoms in total. The molecule has 6 heteroatoms. The van der Waals surface area contributed by atoms with Crippen molar-refractivity contribution >= 4 is 12.2 Å². The topological polar surface area (TPSA) is 33.6 Å². The second-order valence-electron chi connectivity index (χ2n) is 3.03. The molecule has 0 amide bonds. The third kappa shape index (κ3) is 2.27. The van der Waals surface area contributed by atoms with Crippen LogP contribution in [0.4, 0.5) is 8.78 Å². The molecular weight excluding hydrogens is 220 g/mol. The normalized spacial score (nSPS) is 10.5. The van der Waals surface area contributed by atoms with Crippen LogP contribution in [0.2, 0.25) is 0 Å². The molecule has 0 radical (unpaired) electrons. The van der Waals surface area contributed by atoms with Crippen LogP contribution < -0.4 is 0 Å². The van der Waals surface area contributed by atoms with Crippen LogP contribution in [0.15, 0.2) is 24.5 Å². The Kier molecular flexibility index (Phi) is 2.59. The summed E-state index contributed by atoms with van der Waals surface area (Å²) in [5, 5.41) is 2.73. The van der Waals surface area contributed by atoms with E-state index < -0.39 is 11.6 Å². The number of nitrogens with one attached hydrogen (secondary N) is 1. The highest BCUT2D eigenvalue weighted by molar-refractivity contribution is 7.71. The van der Waals surface area contributed by atoms with Crippen LogP contribution in [0.5, 0.6) is 0 Å². The molecule has 0 aliphatic rings. The van der Waals surface area contributed by atoms with Gasteiger partial charge in [0.25, 0.3) is 0 Å². The number of nitrogens with zero attached hydrogens (tertiary/aromatic N) is 2. The number of rotatable bonds is 2. The van der Waals surface area contributed by atoms with Gasteiger partial charge in [-0.1, -0.05) is 6.07 Å². The van der Waals surface area contributed by atoms with E-state index in [4.69, 9.17) is 12.2 Å². The van der Waals surface area contributed by atoms with Gasteiger partial charge in [0.2, 0.25) is 4.77 Å². The molecule has 0 bridgehead atoms. The average molecular weight is 227 g/mol. The standard InChI is InChI=1S/C9H7F2N3S/c10-7-2-1-6(8(11)3-7)4-14-5-12-9(15)13-14/h1-3,5H,4H2,(H,13,15). The van der Waals surface area contributed by atoms with Gasteiger partial charge in [-0.25, -0.2) is 13.8 Å². The summed E-state index contributed by atoms with van der Waals surface area (Å²) in [6, 6.07) is 3.45. The molecule has 15 heavy (non-hydrogen) atoms. The van der Waals surface area contributed by atoms with Crippen LogP contribution in [0.3, 0.4) is 0 Å². The highest BCUT2D eigenvalue weighted by Crippen LogP contribution is 2.10. The predicted molar refractivity (Wildman–Crippen MR) is 52.9 cm³/mol. The van der Waals surface area contributed by atoms with Crippen molar-refractivity contribution < 1.29 is 8.78 Å². The minimum Gasteiger partial charge on any atom is -0.271 e. The molecule has 78 valence electrons. The Bertz CT molecular complexity index is 532. The van der Waals surface area contributed by atoms with E-state index in [9.17, 15) is 8.78 Å². The highest BCUT2D eigenvalue weighted by atomic mass is 32.1. The van der Waals surface area contributed by atoms with E-state index in [2.05, 4.69) is 10.1 Å². The maximum Gasteiger partial charge on any atom is 0.213 e. The Labute approximate surface area is 89.4 Å². The van der Waals surface area contributed by atoms with E-state index in [0.717, 1.165) is 6.07 Å². The van der Waals surface area contributed by atoms with E-state index >= 15 is 0 Å². The minimum absolute atomic E-state index is 0.246. The molecule has 0 atom stereocenters. The zero-order chi connectivity index (χ0) is 10.8. The fourth-order valence-corrected chi connectivity index (χ4v) is 1.38. The summed E-state index contributed by atoms with van der Waals surface area (Å²) in [5.41, 5.74) is 0.375. The van der Waals surface area contributed by atoms with Gasteiger partial charge in [0.15, 0.2) is 0 Å². The third-order valence-electron chi connectivity index (χ3n) is 1.91. The lowest BCUT2D eigenvalue weighted by molar-refractivity contribution is 0.558. The molecule has 1 heterocycles. The van der Waals surface area contributed by atoms with Crippen LogP contribution in [-0.4, -0.2) is 14.8 Å². The van der Waals surface area contributed by atoms with Crippen molar-refractivity contribution in [3.05, 3.63) is 46.5 Å². The summed E-state index contributed by atoms with van der Waals surface area (Å²) in [4.78, 5) is 3.79. The number of aromatic nitrogens is 3. The van der Waals surface area contributed by atoms with Crippen molar-refractivity contribution in [2.45, 2.75) is 6.54 Å². The van der Waals surface area contributed by atoms with Crippen LogP contribution >= 0.6 is 12.2 Å². The number of benzene rings is 1. The van der Waals surface area contributed by atoms with Gasteiger partial charge in [0.1, 0.15) is 18.0 Å². The molecule has 2 rings (SSSR count). The molecule has 0 spiro atoms. The van der Waals surface area contributed by atoms with Crippen molar-refractivity contribution in [3.63, 3.8) is 0 Å². The van der Waals surface area contributed by atoms with Gasteiger partial charge >= 0.3 is 0 Å². The third-order valence-corrected chi connectivity index (χ3v) is 2.11. The number of halogens is 2. The van der Waals surface area contributed by atoms with Gasteiger partial charge in [0, 0.05) is 11.6 Å². The molecule has 2 aromatic rings. The van der Waals surface area contributed by atoms with Crippen molar-refractivity contribution in [1.29, 1.82) is 0 Å². The van der Waals surface area contributed by atoms with Crippen molar-refractivity contribution in [1.82, 2.24) is 14.8 Å². The summed E-state index contributed by atoms with van der Waals surface area (Å²) in [6.45, 7) is 0.246. The van der Waals surface area contributed by atoms with Crippen LogP contribution in [0.25, 0.3) is 0 Å². The molecule has 0 saturated carbocycles. The van der Waals surface area contributed by atoms with Gasteiger partial charge in [-0.2, -0.15) is 0 Å². The van der Waals surface area contributed by atoms with E-state index in [1.54, 1.807) is 0 Å². The summed E-state index contributed by atoms with van der Waals surface area (Å²) in [7, 11) is 0. The summed E-state index contributed by atoms with van der Waals surface area (Å²) in [6.07, 6.45) is 1.46. The molecule has 1 aromatic heterocycles. The van der Waals surface area contributed by atoms with Gasteiger partial charge in [-0.3, -0.25) is 9.78 Å². The average Bonchev–Trinajstić information content (AvgIpc) is 2.56. The number of aromatic amines is 1. The lowest BCUT2D eigenvalue weighted by Crippen LogP contribution is -2.02. The second-order valence-corrected chi connectivity index (χ2v) is 3.41. The highest BCUT2D eigenvalue weighted by Gasteiger charge is 2.04. The SMILES string of the molecule is Fc1ccc(Cn2cnc(=S)[nH]2)c(F)c1. The lowest BCUT2D eigenvalue weighted by atomic mass is 10.2. The van der Waals surface area contributed by atoms with Crippen LogP contribution in [0, 0.1) is 16.4 Å². The number of hydrogen-bond donors (Lipinski definition) is 1. The van der Waals surface area contributed by atoms with Crippen LogP contribution in [0.1, 0.15) is 5.56 Å². The Balaban J connectivity index is 2.28. The van der Waals surface area contributed by atoms with E-state index in [1.807, 2.05) is 0 Å². The van der Waals surface area contributed by atoms with Gasteiger partial charge in [-0.05, 0) is 18.3 Å². The molecule has 0 saturated heterocycles. The number of hydrogen-bond acceptors (Lipinski definition) is 2. The van der Waals surface area contributed by atoms with Gasteiger partial charge in [-0.15, -0.1) is 0 Å². The Morgan fingerprint density at radius 2 is 2.20 bits per heavy atom. The van der Waals surface area contributed by atoms with Crippen molar-refractivity contribution in [2.75, 3.05) is 0 Å². The maximum absolute atomic E-state index is 13.2. The first-order chi connectivity index (χ1) is 7.15. The monoisotopic (exact) mass is 227 g/mol.